The summed E-state index contributed by atoms with van der Waals surface area (Å²) in [5.74, 6) is 0.0237. The standard InChI is InChI=1S/C19H28ClN3O4S/c1-3-21(4-2)18(24)10-7-11-19(25)22-12-14-23(15-13-22)28(26,27)17-9-6-5-8-16(17)20/h5-6,8-9H,3-4,7,10-15H2,1-2H3. The molecule has 1 aromatic rings. The van der Waals surface area contributed by atoms with Gasteiger partial charge in [0.1, 0.15) is 4.90 Å². The van der Waals surface area contributed by atoms with Gasteiger partial charge in [-0.05, 0) is 32.4 Å². The van der Waals surface area contributed by atoms with Crippen LogP contribution in [0.15, 0.2) is 29.2 Å². The van der Waals surface area contributed by atoms with Gasteiger partial charge in [-0.3, -0.25) is 9.59 Å². The molecule has 0 aliphatic carbocycles. The fourth-order valence-corrected chi connectivity index (χ4v) is 5.17. The van der Waals surface area contributed by atoms with Crippen LogP contribution in [0.5, 0.6) is 0 Å². The zero-order chi connectivity index (χ0) is 20.7. The van der Waals surface area contributed by atoms with Gasteiger partial charge in [-0.2, -0.15) is 4.31 Å². The maximum atomic E-state index is 12.7. The number of carbonyl (C=O) groups excluding carboxylic acids is 2. The first kappa shape index (κ1) is 22.6. The first-order valence-corrected chi connectivity index (χ1v) is 11.4. The van der Waals surface area contributed by atoms with Gasteiger partial charge in [0.25, 0.3) is 0 Å². The lowest BCUT2D eigenvalue weighted by Crippen LogP contribution is -2.50. The molecule has 0 spiro atoms. The second-order valence-electron chi connectivity index (χ2n) is 6.63. The molecule has 2 amide bonds. The molecule has 1 aromatic carbocycles. The average Bonchev–Trinajstić information content (AvgIpc) is 2.69. The molecule has 0 atom stereocenters. The van der Waals surface area contributed by atoms with E-state index in [0.29, 0.717) is 45.4 Å². The predicted molar refractivity (Wildman–Crippen MR) is 109 cm³/mol. The van der Waals surface area contributed by atoms with E-state index in [-0.39, 0.29) is 34.8 Å². The zero-order valence-electron chi connectivity index (χ0n) is 16.4. The van der Waals surface area contributed by atoms with Crippen LogP contribution in [0.3, 0.4) is 0 Å². The second kappa shape index (κ2) is 10.2. The van der Waals surface area contributed by atoms with Crippen molar-refractivity contribution >= 4 is 33.4 Å². The summed E-state index contributed by atoms with van der Waals surface area (Å²) in [6, 6.07) is 6.36. The third-order valence-corrected chi connectivity index (χ3v) is 7.34. The molecule has 1 saturated heterocycles. The number of halogens is 1. The summed E-state index contributed by atoms with van der Waals surface area (Å²) in [7, 11) is -3.67. The summed E-state index contributed by atoms with van der Waals surface area (Å²) in [6.45, 7) is 6.36. The van der Waals surface area contributed by atoms with Crippen LogP contribution in [-0.2, 0) is 19.6 Å². The highest BCUT2D eigenvalue weighted by Crippen LogP contribution is 2.25. The first-order chi connectivity index (χ1) is 13.3. The van der Waals surface area contributed by atoms with Crippen molar-refractivity contribution in [2.75, 3.05) is 39.3 Å². The van der Waals surface area contributed by atoms with Gasteiger partial charge in [-0.1, -0.05) is 23.7 Å². The highest BCUT2D eigenvalue weighted by atomic mass is 35.5. The number of nitrogens with zero attached hydrogens (tertiary/aromatic N) is 3. The Bertz CT molecular complexity index is 788. The summed E-state index contributed by atoms with van der Waals surface area (Å²) in [6.07, 6.45) is 1.16. The summed E-state index contributed by atoms with van der Waals surface area (Å²) >= 11 is 6.03. The molecule has 1 heterocycles. The lowest BCUT2D eigenvalue weighted by atomic mass is 10.2. The molecular weight excluding hydrogens is 402 g/mol. The molecule has 28 heavy (non-hydrogen) atoms. The molecule has 0 radical (unpaired) electrons. The van der Waals surface area contributed by atoms with Crippen molar-refractivity contribution in [3.8, 4) is 0 Å². The molecule has 1 aliphatic heterocycles. The molecule has 0 saturated carbocycles. The quantitative estimate of drug-likeness (QED) is 0.634. The lowest BCUT2D eigenvalue weighted by Gasteiger charge is -2.34. The first-order valence-electron chi connectivity index (χ1n) is 9.61. The van der Waals surface area contributed by atoms with Gasteiger partial charge in [-0.15, -0.1) is 0 Å². The maximum absolute atomic E-state index is 12.7. The Balaban J connectivity index is 1.84. The van der Waals surface area contributed by atoms with E-state index in [0.717, 1.165) is 0 Å². The van der Waals surface area contributed by atoms with Gasteiger partial charge < -0.3 is 9.80 Å². The van der Waals surface area contributed by atoms with Crippen molar-refractivity contribution in [1.29, 1.82) is 0 Å². The van der Waals surface area contributed by atoms with Crippen LogP contribution < -0.4 is 0 Å². The number of sulfonamides is 1. The van der Waals surface area contributed by atoms with Gasteiger partial charge in [0.15, 0.2) is 0 Å². The number of piperazine rings is 1. The normalized spacial score (nSPS) is 15.5. The molecule has 0 unspecified atom stereocenters. The van der Waals surface area contributed by atoms with Crippen LogP contribution in [0.1, 0.15) is 33.1 Å². The van der Waals surface area contributed by atoms with E-state index in [1.54, 1.807) is 28.0 Å². The van der Waals surface area contributed by atoms with Gasteiger partial charge in [0.05, 0.1) is 5.02 Å². The summed E-state index contributed by atoms with van der Waals surface area (Å²) in [5, 5.41) is 0.193. The average molecular weight is 430 g/mol. The highest BCUT2D eigenvalue weighted by Gasteiger charge is 2.31. The van der Waals surface area contributed by atoms with Gasteiger partial charge in [-0.25, -0.2) is 8.42 Å². The minimum absolute atomic E-state index is 0.0397. The van der Waals surface area contributed by atoms with Crippen LogP contribution in [0.25, 0.3) is 0 Å². The Labute approximate surface area is 172 Å². The molecule has 1 fully saturated rings. The van der Waals surface area contributed by atoms with Crippen LogP contribution in [0.4, 0.5) is 0 Å². The van der Waals surface area contributed by atoms with E-state index < -0.39 is 10.0 Å². The van der Waals surface area contributed by atoms with Crippen LogP contribution >= 0.6 is 11.6 Å². The fraction of sp³-hybridized carbons (Fsp3) is 0.579. The molecule has 9 heteroatoms. The van der Waals surface area contributed by atoms with E-state index in [9.17, 15) is 18.0 Å². The van der Waals surface area contributed by atoms with Crippen molar-refractivity contribution in [2.45, 2.75) is 38.0 Å². The molecule has 0 N–H and O–H groups in total. The number of rotatable bonds is 8. The van der Waals surface area contributed by atoms with Gasteiger partial charge in [0.2, 0.25) is 21.8 Å². The fourth-order valence-electron chi connectivity index (χ4n) is 3.25. The molecule has 2 rings (SSSR count). The monoisotopic (exact) mass is 429 g/mol. The molecule has 1 aliphatic rings. The largest absolute Gasteiger partial charge is 0.343 e. The van der Waals surface area contributed by atoms with Crippen molar-refractivity contribution in [1.82, 2.24) is 14.1 Å². The van der Waals surface area contributed by atoms with Gasteiger partial charge >= 0.3 is 0 Å². The van der Waals surface area contributed by atoms with E-state index >= 15 is 0 Å². The lowest BCUT2D eigenvalue weighted by molar-refractivity contribution is -0.133. The Kier molecular flexibility index (Phi) is 8.27. The van der Waals surface area contributed by atoms with Crippen molar-refractivity contribution in [2.24, 2.45) is 0 Å². The number of carbonyl (C=O) groups is 2. The van der Waals surface area contributed by atoms with E-state index in [1.807, 2.05) is 13.8 Å². The van der Waals surface area contributed by atoms with Crippen molar-refractivity contribution in [3.05, 3.63) is 29.3 Å². The third kappa shape index (κ3) is 5.46. The van der Waals surface area contributed by atoms with E-state index in [4.69, 9.17) is 11.6 Å². The van der Waals surface area contributed by atoms with E-state index in [2.05, 4.69) is 0 Å². The number of hydrogen-bond acceptors (Lipinski definition) is 4. The Morgan fingerprint density at radius 3 is 2.21 bits per heavy atom. The minimum Gasteiger partial charge on any atom is -0.343 e. The summed E-state index contributed by atoms with van der Waals surface area (Å²) in [5.41, 5.74) is 0. The Morgan fingerprint density at radius 2 is 1.64 bits per heavy atom. The smallest absolute Gasteiger partial charge is 0.244 e. The molecule has 7 nitrogen and oxygen atoms in total. The van der Waals surface area contributed by atoms with Crippen molar-refractivity contribution < 1.29 is 18.0 Å². The van der Waals surface area contributed by atoms with Crippen molar-refractivity contribution in [3.63, 3.8) is 0 Å². The third-order valence-electron chi connectivity index (χ3n) is 4.94. The van der Waals surface area contributed by atoms with E-state index in [1.165, 1.54) is 10.4 Å². The predicted octanol–water partition coefficient (Wildman–Crippen LogP) is 2.21. The van der Waals surface area contributed by atoms with Gasteiger partial charge in [0, 0.05) is 52.1 Å². The molecule has 156 valence electrons. The summed E-state index contributed by atoms with van der Waals surface area (Å²) < 4.78 is 26.9. The number of hydrogen-bond donors (Lipinski definition) is 0. The molecule has 0 bridgehead atoms. The highest BCUT2D eigenvalue weighted by molar-refractivity contribution is 7.89. The molecular formula is C19H28ClN3O4S. The SMILES string of the molecule is CCN(CC)C(=O)CCCC(=O)N1CCN(S(=O)(=O)c2ccccc2Cl)CC1. The Hall–Kier alpha value is -1.64. The van der Waals surface area contributed by atoms with Crippen LogP contribution in [-0.4, -0.2) is 73.6 Å². The van der Waals surface area contributed by atoms with Crippen LogP contribution in [0, 0.1) is 0 Å². The number of benzene rings is 1. The second-order valence-corrected chi connectivity index (χ2v) is 8.95. The number of amides is 2. The molecule has 0 aromatic heterocycles. The topological polar surface area (TPSA) is 78.0 Å². The zero-order valence-corrected chi connectivity index (χ0v) is 18.0. The minimum atomic E-state index is -3.67. The Morgan fingerprint density at radius 1 is 1.04 bits per heavy atom. The summed E-state index contributed by atoms with van der Waals surface area (Å²) in [4.78, 5) is 27.9. The van der Waals surface area contributed by atoms with Crippen LogP contribution in [0.2, 0.25) is 5.02 Å². The maximum Gasteiger partial charge on any atom is 0.244 e.